The molecule has 0 aliphatic carbocycles. The van der Waals surface area contributed by atoms with Crippen LogP contribution in [0.25, 0.3) is 0 Å². The van der Waals surface area contributed by atoms with E-state index in [1.165, 1.54) is 0 Å². The molecule has 1 atom stereocenters. The number of nitrogens with zero attached hydrogens (tertiary/aromatic N) is 1. The maximum Gasteiger partial charge on any atom is 0.123 e. The van der Waals surface area contributed by atoms with Crippen molar-refractivity contribution in [1.82, 2.24) is 4.90 Å². The van der Waals surface area contributed by atoms with Gasteiger partial charge in [0.15, 0.2) is 0 Å². The van der Waals surface area contributed by atoms with Crippen molar-refractivity contribution in [2.24, 2.45) is 11.7 Å². The van der Waals surface area contributed by atoms with Gasteiger partial charge in [0.1, 0.15) is 12.4 Å². The van der Waals surface area contributed by atoms with Crippen LogP contribution >= 0.6 is 0 Å². The highest BCUT2D eigenvalue weighted by atomic mass is 16.5. The van der Waals surface area contributed by atoms with E-state index >= 15 is 0 Å². The van der Waals surface area contributed by atoms with Crippen molar-refractivity contribution in [3.05, 3.63) is 29.8 Å². The van der Waals surface area contributed by atoms with E-state index in [0.717, 1.165) is 43.8 Å². The molecule has 1 aromatic carbocycles. The fourth-order valence-electron chi connectivity index (χ4n) is 2.76. The average molecular weight is 278 g/mol. The minimum Gasteiger partial charge on any atom is -0.492 e. The Labute approximate surface area is 121 Å². The molecule has 112 valence electrons. The third-order valence-electron chi connectivity index (χ3n) is 4.17. The Morgan fingerprint density at radius 1 is 1.35 bits per heavy atom. The number of hydrogen-bond donors (Lipinski definition) is 2. The zero-order valence-corrected chi connectivity index (χ0v) is 12.3. The quantitative estimate of drug-likeness (QED) is 0.830. The molecule has 1 fully saturated rings. The molecule has 3 N–H and O–H groups in total. The number of nitrogens with two attached hydrogens (primary N) is 1. The minimum absolute atomic E-state index is 0.176. The Bertz CT molecular complexity index is 401. The molecule has 4 nitrogen and oxygen atoms in total. The monoisotopic (exact) mass is 278 g/mol. The van der Waals surface area contributed by atoms with E-state index in [0.29, 0.717) is 19.1 Å². The van der Waals surface area contributed by atoms with Crippen molar-refractivity contribution >= 4 is 0 Å². The summed E-state index contributed by atoms with van der Waals surface area (Å²) in [5.41, 5.74) is 6.75. The van der Waals surface area contributed by atoms with Crippen molar-refractivity contribution in [3.8, 4) is 5.75 Å². The second kappa shape index (κ2) is 7.62. The Morgan fingerprint density at radius 2 is 2.05 bits per heavy atom. The van der Waals surface area contributed by atoms with Crippen molar-refractivity contribution < 1.29 is 9.84 Å². The number of rotatable bonds is 6. The van der Waals surface area contributed by atoms with Crippen molar-refractivity contribution in [3.63, 3.8) is 0 Å². The summed E-state index contributed by atoms with van der Waals surface area (Å²) in [5, 5.41) is 9.59. The lowest BCUT2D eigenvalue weighted by molar-refractivity contribution is 0.0671. The van der Waals surface area contributed by atoms with Gasteiger partial charge in [-0.25, -0.2) is 0 Å². The van der Waals surface area contributed by atoms with Crippen LogP contribution in [0.4, 0.5) is 0 Å². The van der Waals surface area contributed by atoms with E-state index in [4.69, 9.17) is 10.5 Å². The zero-order valence-electron chi connectivity index (χ0n) is 12.3. The highest BCUT2D eigenvalue weighted by Gasteiger charge is 2.22. The van der Waals surface area contributed by atoms with Crippen LogP contribution in [0.2, 0.25) is 0 Å². The van der Waals surface area contributed by atoms with Gasteiger partial charge in [-0.1, -0.05) is 18.2 Å². The van der Waals surface area contributed by atoms with Gasteiger partial charge in [0.2, 0.25) is 0 Å². The molecule has 1 aliphatic rings. The Kier molecular flexibility index (Phi) is 5.83. The predicted molar refractivity (Wildman–Crippen MR) is 80.7 cm³/mol. The lowest BCUT2D eigenvalue weighted by Gasteiger charge is -2.33. The van der Waals surface area contributed by atoms with Crippen LogP contribution in [-0.2, 0) is 6.54 Å². The maximum atomic E-state index is 9.59. The van der Waals surface area contributed by atoms with Crippen LogP contribution < -0.4 is 10.5 Å². The van der Waals surface area contributed by atoms with E-state index in [1.54, 1.807) is 0 Å². The highest BCUT2D eigenvalue weighted by molar-refractivity contribution is 5.32. The lowest BCUT2D eigenvalue weighted by Crippen LogP contribution is -2.39. The second-order valence-corrected chi connectivity index (χ2v) is 5.58. The maximum absolute atomic E-state index is 9.59. The van der Waals surface area contributed by atoms with Gasteiger partial charge in [0.05, 0.1) is 6.10 Å². The largest absolute Gasteiger partial charge is 0.492 e. The summed E-state index contributed by atoms with van der Waals surface area (Å²) in [6.07, 6.45) is 1.98. The lowest BCUT2D eigenvalue weighted by atomic mass is 9.92. The number of hydrogen-bond acceptors (Lipinski definition) is 4. The molecule has 4 heteroatoms. The summed E-state index contributed by atoms with van der Waals surface area (Å²) in [7, 11) is 0. The van der Waals surface area contributed by atoms with Gasteiger partial charge in [-0.05, 0) is 44.8 Å². The van der Waals surface area contributed by atoms with Crippen molar-refractivity contribution in [2.75, 3.05) is 26.2 Å². The first kappa shape index (κ1) is 15.3. The van der Waals surface area contributed by atoms with Gasteiger partial charge in [-0.15, -0.1) is 0 Å². The molecular weight excluding hydrogens is 252 g/mol. The van der Waals surface area contributed by atoms with Gasteiger partial charge in [-0.3, -0.25) is 4.90 Å². The van der Waals surface area contributed by atoms with E-state index in [9.17, 15) is 5.11 Å². The smallest absolute Gasteiger partial charge is 0.123 e. The fraction of sp³-hybridized carbons (Fsp3) is 0.625. The van der Waals surface area contributed by atoms with Crippen molar-refractivity contribution in [1.29, 1.82) is 0 Å². The summed E-state index contributed by atoms with van der Waals surface area (Å²) in [6, 6.07) is 7.93. The summed E-state index contributed by atoms with van der Waals surface area (Å²) in [4.78, 5) is 2.41. The van der Waals surface area contributed by atoms with E-state index in [-0.39, 0.29) is 6.10 Å². The second-order valence-electron chi connectivity index (χ2n) is 5.58. The number of para-hydroxylation sites is 1. The number of ether oxygens (including phenoxy) is 1. The Balaban J connectivity index is 1.72. The molecule has 1 heterocycles. The van der Waals surface area contributed by atoms with Crippen LogP contribution in [0.3, 0.4) is 0 Å². The third-order valence-corrected chi connectivity index (χ3v) is 4.17. The fourth-order valence-corrected chi connectivity index (χ4v) is 2.76. The molecular formula is C16H26N2O2. The molecule has 1 aromatic rings. The van der Waals surface area contributed by atoms with Gasteiger partial charge in [-0.2, -0.15) is 0 Å². The van der Waals surface area contributed by atoms with Crippen LogP contribution in [-0.4, -0.2) is 42.4 Å². The number of benzene rings is 1. The van der Waals surface area contributed by atoms with Crippen LogP contribution in [0.5, 0.6) is 5.75 Å². The zero-order chi connectivity index (χ0) is 14.4. The standard InChI is InChI=1S/C16H26N2O2/c1-13(19)14-6-8-18(9-7-14)10-11-20-16-5-3-2-4-15(16)12-17/h2-5,13-14,19H,6-12,17H2,1H3. The molecule has 1 aliphatic heterocycles. The van der Waals surface area contributed by atoms with Gasteiger partial charge in [0, 0.05) is 18.7 Å². The van der Waals surface area contributed by atoms with Crippen LogP contribution in [0.1, 0.15) is 25.3 Å². The average Bonchev–Trinajstić information content (AvgIpc) is 2.48. The third kappa shape index (κ3) is 4.20. The topological polar surface area (TPSA) is 58.7 Å². The summed E-state index contributed by atoms with van der Waals surface area (Å²) in [5.74, 6) is 1.36. The van der Waals surface area contributed by atoms with Crippen LogP contribution in [0, 0.1) is 5.92 Å². The molecule has 20 heavy (non-hydrogen) atoms. The Morgan fingerprint density at radius 3 is 2.70 bits per heavy atom. The predicted octanol–water partition coefficient (Wildman–Crippen LogP) is 1.62. The normalized spacial score (nSPS) is 18.9. The number of aliphatic hydroxyl groups is 1. The molecule has 1 unspecified atom stereocenters. The molecule has 2 rings (SSSR count). The number of aliphatic hydroxyl groups excluding tert-OH is 1. The van der Waals surface area contributed by atoms with Crippen molar-refractivity contribution in [2.45, 2.75) is 32.4 Å². The molecule has 0 saturated carbocycles. The summed E-state index contributed by atoms with van der Waals surface area (Å²) in [6.45, 7) is 6.14. The van der Waals surface area contributed by atoms with E-state index in [1.807, 2.05) is 31.2 Å². The van der Waals surface area contributed by atoms with Gasteiger partial charge >= 0.3 is 0 Å². The summed E-state index contributed by atoms with van der Waals surface area (Å²) >= 11 is 0. The summed E-state index contributed by atoms with van der Waals surface area (Å²) < 4.78 is 5.83. The first-order chi connectivity index (χ1) is 9.70. The van der Waals surface area contributed by atoms with E-state index in [2.05, 4.69) is 4.90 Å². The van der Waals surface area contributed by atoms with Gasteiger partial charge in [0.25, 0.3) is 0 Å². The number of piperidine rings is 1. The molecule has 0 bridgehead atoms. The first-order valence-electron chi connectivity index (χ1n) is 7.52. The van der Waals surface area contributed by atoms with Gasteiger partial charge < -0.3 is 15.6 Å². The molecule has 0 aromatic heterocycles. The van der Waals surface area contributed by atoms with E-state index < -0.39 is 0 Å². The first-order valence-corrected chi connectivity index (χ1v) is 7.52. The highest BCUT2D eigenvalue weighted by Crippen LogP contribution is 2.21. The SMILES string of the molecule is CC(O)C1CCN(CCOc2ccccc2CN)CC1. The van der Waals surface area contributed by atoms with Crippen LogP contribution in [0.15, 0.2) is 24.3 Å². The number of likely N-dealkylation sites (tertiary alicyclic amines) is 1. The molecule has 0 amide bonds. The molecule has 1 saturated heterocycles. The molecule has 0 radical (unpaired) electrons. The Hall–Kier alpha value is -1.10. The minimum atomic E-state index is -0.176. The molecule has 0 spiro atoms.